The lowest BCUT2D eigenvalue weighted by atomic mass is 9.89. The second-order valence-electron chi connectivity index (χ2n) is 9.92. The van der Waals surface area contributed by atoms with Gasteiger partial charge in [-0.3, -0.25) is 10.2 Å². The third kappa shape index (κ3) is 5.63. The number of hydrazine groups is 1. The van der Waals surface area contributed by atoms with Crippen LogP contribution in [0.4, 0.5) is 0 Å². The summed E-state index contributed by atoms with van der Waals surface area (Å²) < 4.78 is 8.04. The minimum Gasteiger partial charge on any atom is -0.497 e. The molecular formula is C28H41N3O2. The molecular weight excluding hydrogens is 410 g/mol. The first-order valence-corrected chi connectivity index (χ1v) is 13.0. The van der Waals surface area contributed by atoms with Crippen molar-refractivity contribution in [2.24, 2.45) is 5.92 Å². The maximum Gasteiger partial charge on any atom is 0.267 e. The SMILES string of the molecule is CCCc1c(C(=O)NN2CCCCC2)cc(-c2cc(OC)ccc2C)n1CC1CCCCC1. The van der Waals surface area contributed by atoms with Gasteiger partial charge < -0.3 is 9.30 Å². The lowest BCUT2D eigenvalue weighted by Crippen LogP contribution is -2.45. The smallest absolute Gasteiger partial charge is 0.267 e. The van der Waals surface area contributed by atoms with Crippen molar-refractivity contribution in [3.63, 3.8) is 0 Å². The molecule has 1 aromatic carbocycles. The van der Waals surface area contributed by atoms with Crippen molar-refractivity contribution in [1.29, 1.82) is 0 Å². The first kappa shape index (κ1) is 23.9. The molecule has 1 aromatic heterocycles. The number of carbonyl (C=O) groups is 1. The van der Waals surface area contributed by atoms with E-state index in [2.05, 4.69) is 47.0 Å². The minimum absolute atomic E-state index is 0.0459. The van der Waals surface area contributed by atoms with Crippen molar-refractivity contribution >= 4 is 5.91 Å². The zero-order valence-electron chi connectivity index (χ0n) is 20.8. The Morgan fingerprint density at radius 2 is 1.79 bits per heavy atom. The van der Waals surface area contributed by atoms with Crippen LogP contribution in [0.1, 0.15) is 86.3 Å². The largest absolute Gasteiger partial charge is 0.497 e. The van der Waals surface area contributed by atoms with Crippen LogP contribution < -0.4 is 10.2 Å². The summed E-state index contributed by atoms with van der Waals surface area (Å²) in [4.78, 5) is 13.5. The summed E-state index contributed by atoms with van der Waals surface area (Å²) in [6.45, 7) is 7.25. The first-order chi connectivity index (χ1) is 16.1. The Balaban J connectivity index is 1.75. The molecule has 0 bridgehead atoms. The Morgan fingerprint density at radius 3 is 2.48 bits per heavy atom. The lowest BCUT2D eigenvalue weighted by molar-refractivity contribution is 0.0749. The molecule has 1 aliphatic carbocycles. The number of benzene rings is 1. The van der Waals surface area contributed by atoms with Crippen LogP contribution in [-0.2, 0) is 13.0 Å². The highest BCUT2D eigenvalue weighted by Gasteiger charge is 2.25. The topological polar surface area (TPSA) is 46.5 Å². The molecule has 180 valence electrons. The van der Waals surface area contributed by atoms with E-state index < -0.39 is 0 Å². The number of nitrogens with zero attached hydrogens (tertiary/aromatic N) is 2. The van der Waals surface area contributed by atoms with Gasteiger partial charge in [-0.15, -0.1) is 0 Å². The molecule has 1 saturated carbocycles. The second-order valence-corrected chi connectivity index (χ2v) is 9.92. The first-order valence-electron chi connectivity index (χ1n) is 13.0. The molecule has 2 aliphatic rings. The molecule has 5 heteroatoms. The van der Waals surface area contributed by atoms with Gasteiger partial charge in [0.25, 0.3) is 5.91 Å². The van der Waals surface area contributed by atoms with Gasteiger partial charge in [-0.05, 0) is 68.7 Å². The van der Waals surface area contributed by atoms with Gasteiger partial charge in [0.05, 0.1) is 12.7 Å². The summed E-state index contributed by atoms with van der Waals surface area (Å²) in [5.74, 6) is 1.59. The average Bonchev–Trinajstić information content (AvgIpc) is 3.19. The number of hydrogen-bond donors (Lipinski definition) is 1. The molecule has 0 spiro atoms. The van der Waals surface area contributed by atoms with E-state index in [1.807, 2.05) is 6.07 Å². The average molecular weight is 452 g/mol. The maximum atomic E-state index is 13.5. The Bertz CT molecular complexity index is 937. The van der Waals surface area contributed by atoms with Crippen LogP contribution in [0.3, 0.4) is 0 Å². The zero-order valence-corrected chi connectivity index (χ0v) is 20.8. The predicted molar refractivity (Wildman–Crippen MR) is 135 cm³/mol. The summed E-state index contributed by atoms with van der Waals surface area (Å²) in [6, 6.07) is 8.42. The second kappa shape index (κ2) is 11.2. The highest BCUT2D eigenvalue weighted by Crippen LogP contribution is 2.35. The van der Waals surface area contributed by atoms with Crippen LogP contribution >= 0.6 is 0 Å². The molecule has 1 amide bonds. The minimum atomic E-state index is 0.0459. The highest BCUT2D eigenvalue weighted by atomic mass is 16.5. The van der Waals surface area contributed by atoms with Crippen LogP contribution in [0.5, 0.6) is 5.75 Å². The number of amides is 1. The number of nitrogens with one attached hydrogen (secondary N) is 1. The number of aromatic nitrogens is 1. The summed E-state index contributed by atoms with van der Waals surface area (Å²) in [5.41, 5.74) is 8.79. The van der Waals surface area contributed by atoms with E-state index in [4.69, 9.17) is 4.74 Å². The maximum absolute atomic E-state index is 13.5. The van der Waals surface area contributed by atoms with Crippen LogP contribution in [0.25, 0.3) is 11.3 Å². The van der Waals surface area contributed by atoms with E-state index in [0.29, 0.717) is 5.92 Å². The fraction of sp³-hybridized carbons (Fsp3) is 0.607. The third-order valence-corrected chi connectivity index (χ3v) is 7.44. The van der Waals surface area contributed by atoms with Crippen LogP contribution in [0.2, 0.25) is 0 Å². The number of piperidine rings is 1. The summed E-state index contributed by atoms with van der Waals surface area (Å²) in [6.07, 6.45) is 12.1. The number of hydrogen-bond acceptors (Lipinski definition) is 3. The number of aryl methyl sites for hydroxylation is 1. The fourth-order valence-electron chi connectivity index (χ4n) is 5.56. The molecule has 1 N–H and O–H groups in total. The van der Waals surface area contributed by atoms with Crippen molar-refractivity contribution in [3.05, 3.63) is 41.1 Å². The van der Waals surface area contributed by atoms with Crippen molar-refractivity contribution < 1.29 is 9.53 Å². The molecule has 33 heavy (non-hydrogen) atoms. The van der Waals surface area contributed by atoms with Gasteiger partial charge in [0.2, 0.25) is 0 Å². The van der Waals surface area contributed by atoms with Gasteiger partial charge in [0.15, 0.2) is 0 Å². The molecule has 5 nitrogen and oxygen atoms in total. The molecule has 2 heterocycles. The molecule has 0 atom stereocenters. The summed E-state index contributed by atoms with van der Waals surface area (Å²) >= 11 is 0. The van der Waals surface area contributed by atoms with Gasteiger partial charge >= 0.3 is 0 Å². The van der Waals surface area contributed by atoms with Crippen molar-refractivity contribution in [2.75, 3.05) is 20.2 Å². The van der Waals surface area contributed by atoms with Crippen LogP contribution in [-0.4, -0.2) is 35.7 Å². The zero-order chi connectivity index (χ0) is 23.2. The Labute approximate surface area is 199 Å². The molecule has 1 aliphatic heterocycles. The van der Waals surface area contributed by atoms with Crippen molar-refractivity contribution in [2.45, 2.75) is 84.6 Å². The van der Waals surface area contributed by atoms with E-state index in [1.54, 1.807) is 7.11 Å². The summed E-state index contributed by atoms with van der Waals surface area (Å²) in [7, 11) is 1.72. The molecule has 0 radical (unpaired) electrons. The predicted octanol–water partition coefficient (Wildman–Crippen LogP) is 6.14. The standard InChI is InChI=1S/C28H41N3O2/c1-4-11-26-25(28(32)29-30-16-9-6-10-17-30)19-27(24-18-23(33-3)15-14-21(24)2)31(26)20-22-12-7-5-8-13-22/h14-15,18-19,22H,4-13,16-17,20H2,1-3H3,(H,29,32). The monoisotopic (exact) mass is 451 g/mol. The van der Waals surface area contributed by atoms with Crippen LogP contribution in [0, 0.1) is 12.8 Å². The van der Waals surface area contributed by atoms with E-state index >= 15 is 0 Å². The summed E-state index contributed by atoms with van der Waals surface area (Å²) in [5, 5.41) is 2.11. The third-order valence-electron chi connectivity index (χ3n) is 7.44. The van der Waals surface area contributed by atoms with E-state index in [1.165, 1.54) is 55.3 Å². The molecule has 2 aromatic rings. The quantitative estimate of drug-likeness (QED) is 0.525. The Morgan fingerprint density at radius 1 is 1.06 bits per heavy atom. The van der Waals surface area contributed by atoms with E-state index in [-0.39, 0.29) is 5.91 Å². The van der Waals surface area contributed by atoms with Gasteiger partial charge in [0.1, 0.15) is 5.75 Å². The van der Waals surface area contributed by atoms with Crippen LogP contribution in [0.15, 0.2) is 24.3 Å². The van der Waals surface area contributed by atoms with Gasteiger partial charge in [-0.25, -0.2) is 5.01 Å². The fourth-order valence-corrected chi connectivity index (χ4v) is 5.56. The Hall–Kier alpha value is -2.27. The van der Waals surface area contributed by atoms with Gasteiger partial charge in [0, 0.05) is 36.6 Å². The van der Waals surface area contributed by atoms with Gasteiger partial charge in [-0.1, -0.05) is 45.1 Å². The number of methoxy groups -OCH3 is 1. The molecule has 4 rings (SSSR count). The van der Waals surface area contributed by atoms with E-state index in [9.17, 15) is 4.79 Å². The normalized spacial score (nSPS) is 17.8. The Kier molecular flexibility index (Phi) is 8.13. The van der Waals surface area contributed by atoms with Crippen molar-refractivity contribution in [3.8, 4) is 17.0 Å². The van der Waals surface area contributed by atoms with E-state index in [0.717, 1.165) is 62.3 Å². The molecule has 1 saturated heterocycles. The van der Waals surface area contributed by atoms with Crippen molar-refractivity contribution in [1.82, 2.24) is 15.0 Å². The lowest BCUT2D eigenvalue weighted by Gasteiger charge is -2.27. The number of ether oxygens (including phenoxy) is 1. The molecule has 0 unspecified atom stereocenters. The highest BCUT2D eigenvalue weighted by molar-refractivity contribution is 5.97. The number of carbonyl (C=O) groups excluding carboxylic acids is 1. The van der Waals surface area contributed by atoms with Gasteiger partial charge in [-0.2, -0.15) is 0 Å². The number of rotatable bonds is 8. The molecule has 2 fully saturated rings.